The van der Waals surface area contributed by atoms with E-state index < -0.39 is 10.0 Å². The topological polar surface area (TPSA) is 107 Å². The predicted molar refractivity (Wildman–Crippen MR) is 118 cm³/mol. The van der Waals surface area contributed by atoms with Gasteiger partial charge in [-0.25, -0.2) is 8.42 Å². The predicted octanol–water partition coefficient (Wildman–Crippen LogP) is 0.705. The van der Waals surface area contributed by atoms with E-state index in [1.807, 2.05) is 23.6 Å². The zero-order valence-corrected chi connectivity index (χ0v) is 20.4. The highest BCUT2D eigenvalue weighted by atomic mass is 32.2. The van der Waals surface area contributed by atoms with Crippen LogP contribution >= 0.6 is 0 Å². The molecule has 0 spiro atoms. The molecule has 32 heavy (non-hydrogen) atoms. The molecule has 0 saturated carbocycles. The van der Waals surface area contributed by atoms with Crippen molar-refractivity contribution in [3.05, 3.63) is 11.5 Å². The molecule has 2 amide bonds. The van der Waals surface area contributed by atoms with E-state index in [0.29, 0.717) is 70.9 Å². The lowest BCUT2D eigenvalue weighted by Crippen LogP contribution is -2.54. The number of nitrogens with zero attached hydrogens (tertiary/aromatic N) is 5. The Kier molecular flexibility index (Phi) is 7.94. The molecule has 10 nitrogen and oxygen atoms in total. The molecule has 2 aliphatic rings. The zero-order valence-electron chi connectivity index (χ0n) is 19.5. The maximum atomic E-state index is 13.2. The molecular weight excluding hydrogens is 434 g/mol. The number of hydrogen-bond acceptors (Lipinski definition) is 7. The van der Waals surface area contributed by atoms with Crippen LogP contribution < -0.4 is 0 Å². The van der Waals surface area contributed by atoms with Crippen LogP contribution in [0.3, 0.4) is 0 Å². The van der Waals surface area contributed by atoms with Crippen LogP contribution in [0.15, 0.2) is 9.42 Å². The van der Waals surface area contributed by atoms with Gasteiger partial charge in [-0.15, -0.1) is 0 Å². The first-order valence-corrected chi connectivity index (χ1v) is 12.8. The van der Waals surface area contributed by atoms with Crippen molar-refractivity contribution in [2.75, 3.05) is 58.9 Å². The van der Waals surface area contributed by atoms with Gasteiger partial charge < -0.3 is 14.3 Å². The third-order valence-corrected chi connectivity index (χ3v) is 8.57. The Labute approximate surface area is 190 Å². The number of piperazine rings is 1. The highest BCUT2D eigenvalue weighted by Gasteiger charge is 2.38. The van der Waals surface area contributed by atoms with Crippen molar-refractivity contribution in [3.8, 4) is 0 Å². The van der Waals surface area contributed by atoms with Gasteiger partial charge in [-0.3, -0.25) is 14.5 Å². The van der Waals surface area contributed by atoms with E-state index in [2.05, 4.69) is 10.1 Å². The minimum absolute atomic E-state index is 0.00150. The average molecular weight is 470 g/mol. The second-order valence-electron chi connectivity index (χ2n) is 8.52. The van der Waals surface area contributed by atoms with Crippen molar-refractivity contribution >= 4 is 21.8 Å². The van der Waals surface area contributed by atoms with Gasteiger partial charge in [0.15, 0.2) is 5.76 Å². The molecule has 3 heterocycles. The average Bonchev–Trinajstić information content (AvgIpc) is 3.13. The third kappa shape index (κ3) is 5.15. The second kappa shape index (κ2) is 10.3. The molecular formula is C21H35N5O5S. The van der Waals surface area contributed by atoms with E-state index in [-0.39, 0.29) is 34.9 Å². The first kappa shape index (κ1) is 24.7. The maximum Gasteiger partial charge on any atom is 0.248 e. The van der Waals surface area contributed by atoms with E-state index >= 15 is 0 Å². The van der Waals surface area contributed by atoms with Gasteiger partial charge in [0, 0.05) is 52.4 Å². The number of sulfonamides is 1. The summed E-state index contributed by atoms with van der Waals surface area (Å²) in [6.45, 7) is 11.9. The van der Waals surface area contributed by atoms with Crippen molar-refractivity contribution in [1.82, 2.24) is 24.2 Å². The summed E-state index contributed by atoms with van der Waals surface area (Å²) in [5.41, 5.74) is 0.339. The molecule has 0 radical (unpaired) electrons. The largest absolute Gasteiger partial charge is 0.360 e. The monoisotopic (exact) mass is 469 g/mol. The number of aromatic nitrogens is 1. The normalized spacial score (nSPS) is 21.0. The summed E-state index contributed by atoms with van der Waals surface area (Å²) in [4.78, 5) is 31.3. The summed E-state index contributed by atoms with van der Waals surface area (Å²) < 4.78 is 32.7. The van der Waals surface area contributed by atoms with Crippen molar-refractivity contribution in [3.63, 3.8) is 0 Å². The first-order valence-electron chi connectivity index (χ1n) is 11.4. The van der Waals surface area contributed by atoms with Crippen molar-refractivity contribution in [2.45, 2.75) is 45.4 Å². The van der Waals surface area contributed by atoms with Gasteiger partial charge in [0.05, 0.1) is 12.5 Å². The Morgan fingerprint density at radius 1 is 1.09 bits per heavy atom. The number of rotatable bonds is 7. The van der Waals surface area contributed by atoms with Gasteiger partial charge in [-0.2, -0.15) is 4.31 Å². The minimum atomic E-state index is -3.76. The summed E-state index contributed by atoms with van der Waals surface area (Å²) in [5, 5.41) is 3.77. The highest BCUT2D eigenvalue weighted by molar-refractivity contribution is 7.89. The van der Waals surface area contributed by atoms with Crippen LogP contribution in [0, 0.1) is 19.8 Å². The van der Waals surface area contributed by atoms with Crippen LogP contribution in [-0.4, -0.2) is 103 Å². The molecule has 1 atom stereocenters. The molecule has 1 aromatic rings. The molecule has 2 saturated heterocycles. The number of amides is 2. The molecule has 0 N–H and O–H groups in total. The minimum Gasteiger partial charge on any atom is -0.360 e. The van der Waals surface area contributed by atoms with Gasteiger partial charge in [-0.1, -0.05) is 5.16 Å². The summed E-state index contributed by atoms with van der Waals surface area (Å²) in [6.07, 6.45) is 1.31. The van der Waals surface area contributed by atoms with Crippen LogP contribution in [0.1, 0.15) is 38.1 Å². The molecule has 1 aromatic heterocycles. The second-order valence-corrected chi connectivity index (χ2v) is 10.4. The van der Waals surface area contributed by atoms with E-state index in [4.69, 9.17) is 4.52 Å². The van der Waals surface area contributed by atoms with E-state index in [1.54, 1.807) is 13.8 Å². The molecule has 0 bridgehead atoms. The fourth-order valence-corrected chi connectivity index (χ4v) is 6.40. The Bertz CT molecular complexity index is 900. The lowest BCUT2D eigenvalue weighted by atomic mass is 9.98. The maximum absolute atomic E-state index is 13.2. The van der Waals surface area contributed by atoms with Gasteiger partial charge in [-0.05, 0) is 40.5 Å². The Hall–Kier alpha value is -1.98. The third-order valence-electron chi connectivity index (χ3n) is 6.46. The highest BCUT2D eigenvalue weighted by Crippen LogP contribution is 2.28. The Morgan fingerprint density at radius 2 is 1.75 bits per heavy atom. The van der Waals surface area contributed by atoms with Crippen molar-refractivity contribution in [2.24, 2.45) is 5.92 Å². The number of carbonyl (C=O) groups excluding carboxylic acids is 2. The van der Waals surface area contributed by atoms with E-state index in [1.165, 1.54) is 4.31 Å². The molecule has 0 aliphatic carbocycles. The number of aryl methyl sites for hydroxylation is 2. The van der Waals surface area contributed by atoms with E-state index in [9.17, 15) is 18.0 Å². The number of carbonyl (C=O) groups is 2. The molecule has 180 valence electrons. The molecule has 3 rings (SSSR count). The Balaban J connectivity index is 1.58. The Morgan fingerprint density at radius 3 is 2.31 bits per heavy atom. The van der Waals surface area contributed by atoms with Crippen LogP contribution in [0.4, 0.5) is 0 Å². The van der Waals surface area contributed by atoms with Crippen molar-refractivity contribution in [1.29, 1.82) is 0 Å². The SMILES string of the molecule is CCN(CC)C(=O)CN1CCN(C(=O)C2CCCN(S(=O)(=O)c3c(C)noc3C)C2)CC1. The molecule has 0 aromatic carbocycles. The van der Waals surface area contributed by atoms with Gasteiger partial charge in [0.2, 0.25) is 21.8 Å². The van der Waals surface area contributed by atoms with Crippen LogP contribution in [0.5, 0.6) is 0 Å². The van der Waals surface area contributed by atoms with Crippen LogP contribution in [0.25, 0.3) is 0 Å². The number of piperidine rings is 1. The van der Waals surface area contributed by atoms with Gasteiger partial charge in [0.25, 0.3) is 0 Å². The van der Waals surface area contributed by atoms with Crippen LogP contribution in [0.2, 0.25) is 0 Å². The fourth-order valence-electron chi connectivity index (χ4n) is 4.59. The quantitative estimate of drug-likeness (QED) is 0.579. The lowest BCUT2D eigenvalue weighted by molar-refractivity contribution is -0.139. The molecule has 11 heteroatoms. The van der Waals surface area contributed by atoms with E-state index in [0.717, 1.165) is 0 Å². The van der Waals surface area contributed by atoms with Crippen LogP contribution in [-0.2, 0) is 19.6 Å². The molecule has 2 aliphatic heterocycles. The summed E-state index contributed by atoms with van der Waals surface area (Å²) in [7, 11) is -3.76. The van der Waals surface area contributed by atoms with Gasteiger partial charge in [0.1, 0.15) is 10.6 Å². The number of hydrogen-bond donors (Lipinski definition) is 0. The van der Waals surface area contributed by atoms with Crippen molar-refractivity contribution < 1.29 is 22.5 Å². The van der Waals surface area contributed by atoms with Gasteiger partial charge >= 0.3 is 0 Å². The summed E-state index contributed by atoms with van der Waals surface area (Å²) in [6, 6.07) is 0. The standard InChI is InChI=1S/C21H35N5O5S/c1-5-24(6-2)19(27)15-23-10-12-25(13-11-23)21(28)18-8-7-9-26(14-18)32(29,30)20-16(3)22-31-17(20)4/h18H,5-15H2,1-4H3. The smallest absolute Gasteiger partial charge is 0.248 e. The zero-order chi connectivity index (χ0) is 23.5. The fraction of sp³-hybridized carbons (Fsp3) is 0.762. The lowest BCUT2D eigenvalue weighted by Gasteiger charge is -2.38. The summed E-state index contributed by atoms with van der Waals surface area (Å²) >= 11 is 0. The summed E-state index contributed by atoms with van der Waals surface area (Å²) in [5.74, 6) is 0.0230. The molecule has 2 fully saturated rings. The molecule has 1 unspecified atom stereocenters. The first-order chi connectivity index (χ1) is 15.2. The number of likely N-dealkylation sites (N-methyl/N-ethyl adjacent to an activating group) is 1.